The topological polar surface area (TPSA) is 78.9 Å². The quantitative estimate of drug-likeness (QED) is 0.0262. The number of esters is 3. The fourth-order valence-corrected chi connectivity index (χ4v) is 7.58. The summed E-state index contributed by atoms with van der Waals surface area (Å²) in [5, 5.41) is 0. The summed E-state index contributed by atoms with van der Waals surface area (Å²) in [6, 6.07) is 0. The Kier molecular flexibility index (Phi) is 52.4. The molecule has 0 aliphatic carbocycles. The van der Waals surface area contributed by atoms with E-state index in [0.29, 0.717) is 19.3 Å². The molecular weight excluding hydrogens is 829 g/mol. The number of rotatable bonds is 50. The van der Waals surface area contributed by atoms with Crippen LogP contribution >= 0.6 is 0 Å². The Hall–Kier alpha value is -3.41. The maximum Gasteiger partial charge on any atom is 0.306 e. The smallest absolute Gasteiger partial charge is 0.306 e. The lowest BCUT2D eigenvalue weighted by Gasteiger charge is -2.18. The van der Waals surface area contributed by atoms with Crippen molar-refractivity contribution in [2.24, 2.45) is 0 Å². The van der Waals surface area contributed by atoms with Gasteiger partial charge in [-0.15, -0.1) is 0 Å². The highest BCUT2D eigenvalue weighted by Crippen LogP contribution is 2.14. The van der Waals surface area contributed by atoms with Gasteiger partial charge in [-0.2, -0.15) is 0 Å². The third kappa shape index (κ3) is 53.4. The van der Waals surface area contributed by atoms with E-state index in [1.165, 1.54) is 135 Å². The van der Waals surface area contributed by atoms with Crippen molar-refractivity contribution in [1.29, 1.82) is 0 Å². The molecule has 0 saturated heterocycles. The lowest BCUT2D eigenvalue weighted by molar-refractivity contribution is -0.167. The molecule has 0 fully saturated rings. The van der Waals surface area contributed by atoms with Gasteiger partial charge in [-0.1, -0.05) is 215 Å². The number of hydrogen-bond donors (Lipinski definition) is 0. The standard InChI is InChI=1S/C61H104O6/c1-4-7-10-13-16-19-22-25-28-30-33-35-38-41-44-47-50-53-59(62)65-56-58(67-61(64)55-52-49-46-43-40-37-32-27-24-21-18-15-12-9-6-3)57-66-60(63)54-51-48-45-42-39-36-34-31-29-26-23-20-17-14-11-8-5-2/h16,19,21,24-26,28-29,33-36,42,45,58H,4-15,17-18,20,22-23,27,30-32,37-41,43-44,46-57H2,1-3H3/b19-16-,24-21-,28-25-,29-26-,35-33-,36-34-,45-42-/t58-/m1/s1. The Morgan fingerprint density at radius 1 is 0.299 bits per heavy atom. The van der Waals surface area contributed by atoms with E-state index in [1.54, 1.807) is 0 Å². The van der Waals surface area contributed by atoms with Crippen LogP contribution in [0, 0.1) is 0 Å². The van der Waals surface area contributed by atoms with Gasteiger partial charge in [0.2, 0.25) is 0 Å². The number of unbranched alkanes of at least 4 members (excludes halogenated alkanes) is 25. The Labute approximate surface area is 414 Å². The molecule has 0 aromatic carbocycles. The molecule has 0 rings (SSSR count). The van der Waals surface area contributed by atoms with Crippen LogP contribution in [-0.4, -0.2) is 37.2 Å². The maximum absolute atomic E-state index is 12.8. The van der Waals surface area contributed by atoms with Gasteiger partial charge in [0.1, 0.15) is 13.2 Å². The highest BCUT2D eigenvalue weighted by atomic mass is 16.6. The second kappa shape index (κ2) is 55.2. The zero-order chi connectivity index (χ0) is 48.6. The van der Waals surface area contributed by atoms with Gasteiger partial charge in [-0.25, -0.2) is 0 Å². The van der Waals surface area contributed by atoms with Crippen molar-refractivity contribution in [2.45, 2.75) is 271 Å². The van der Waals surface area contributed by atoms with Gasteiger partial charge < -0.3 is 14.2 Å². The van der Waals surface area contributed by atoms with Gasteiger partial charge in [-0.3, -0.25) is 14.4 Å². The van der Waals surface area contributed by atoms with E-state index in [4.69, 9.17) is 14.2 Å². The number of ether oxygens (including phenoxy) is 3. The summed E-state index contributed by atoms with van der Waals surface area (Å²) in [6.07, 6.45) is 71.4. The van der Waals surface area contributed by atoms with Crippen LogP contribution in [0.4, 0.5) is 0 Å². The molecule has 0 amide bonds. The van der Waals surface area contributed by atoms with Gasteiger partial charge >= 0.3 is 17.9 Å². The second-order valence-electron chi connectivity index (χ2n) is 18.5. The molecule has 0 N–H and O–H groups in total. The van der Waals surface area contributed by atoms with E-state index in [0.717, 1.165) is 83.5 Å². The Balaban J connectivity index is 4.50. The highest BCUT2D eigenvalue weighted by Gasteiger charge is 2.19. The van der Waals surface area contributed by atoms with Crippen molar-refractivity contribution in [2.75, 3.05) is 13.2 Å². The van der Waals surface area contributed by atoms with Crippen molar-refractivity contribution >= 4 is 17.9 Å². The van der Waals surface area contributed by atoms with Crippen LogP contribution in [0.5, 0.6) is 0 Å². The average molecular weight is 933 g/mol. The van der Waals surface area contributed by atoms with Gasteiger partial charge in [0.05, 0.1) is 0 Å². The zero-order valence-electron chi connectivity index (χ0n) is 43.9. The molecule has 0 heterocycles. The first-order chi connectivity index (χ1) is 33.0. The van der Waals surface area contributed by atoms with Crippen molar-refractivity contribution in [3.63, 3.8) is 0 Å². The molecule has 6 nitrogen and oxygen atoms in total. The van der Waals surface area contributed by atoms with Crippen LogP contribution in [0.2, 0.25) is 0 Å². The first-order valence-electron chi connectivity index (χ1n) is 28.1. The van der Waals surface area contributed by atoms with Crippen molar-refractivity contribution in [1.82, 2.24) is 0 Å². The molecule has 384 valence electrons. The minimum absolute atomic E-state index is 0.106. The number of carbonyl (C=O) groups excluding carboxylic acids is 3. The van der Waals surface area contributed by atoms with Crippen LogP contribution < -0.4 is 0 Å². The van der Waals surface area contributed by atoms with Crippen molar-refractivity contribution in [3.05, 3.63) is 85.1 Å². The zero-order valence-corrected chi connectivity index (χ0v) is 43.9. The van der Waals surface area contributed by atoms with E-state index < -0.39 is 6.10 Å². The number of allylic oxidation sites excluding steroid dienone is 14. The predicted octanol–water partition coefficient (Wildman–Crippen LogP) is 18.8. The molecule has 0 aliphatic heterocycles. The highest BCUT2D eigenvalue weighted by molar-refractivity contribution is 5.71. The van der Waals surface area contributed by atoms with Gasteiger partial charge in [0.25, 0.3) is 0 Å². The Morgan fingerprint density at radius 3 is 0.955 bits per heavy atom. The third-order valence-electron chi connectivity index (χ3n) is 11.8. The van der Waals surface area contributed by atoms with E-state index in [9.17, 15) is 14.4 Å². The molecule has 1 atom stereocenters. The van der Waals surface area contributed by atoms with Crippen LogP contribution in [-0.2, 0) is 28.6 Å². The minimum Gasteiger partial charge on any atom is -0.462 e. The first-order valence-corrected chi connectivity index (χ1v) is 28.1. The summed E-state index contributed by atoms with van der Waals surface area (Å²) in [4.78, 5) is 38.1. The van der Waals surface area contributed by atoms with Crippen molar-refractivity contribution < 1.29 is 28.6 Å². The van der Waals surface area contributed by atoms with E-state index in [-0.39, 0.29) is 37.5 Å². The van der Waals surface area contributed by atoms with Crippen LogP contribution in [0.15, 0.2) is 85.1 Å². The summed E-state index contributed by atoms with van der Waals surface area (Å²) in [5.41, 5.74) is 0. The molecule has 67 heavy (non-hydrogen) atoms. The van der Waals surface area contributed by atoms with Gasteiger partial charge in [0.15, 0.2) is 6.10 Å². The van der Waals surface area contributed by atoms with E-state index >= 15 is 0 Å². The summed E-state index contributed by atoms with van der Waals surface area (Å²) >= 11 is 0. The lowest BCUT2D eigenvalue weighted by atomic mass is 10.1. The third-order valence-corrected chi connectivity index (χ3v) is 11.8. The monoisotopic (exact) mass is 933 g/mol. The van der Waals surface area contributed by atoms with E-state index in [1.807, 2.05) is 0 Å². The summed E-state index contributed by atoms with van der Waals surface area (Å²) < 4.78 is 16.8. The maximum atomic E-state index is 12.8. The summed E-state index contributed by atoms with van der Waals surface area (Å²) in [5.74, 6) is -0.980. The van der Waals surface area contributed by atoms with Crippen LogP contribution in [0.25, 0.3) is 0 Å². The molecule has 0 unspecified atom stereocenters. The predicted molar refractivity (Wildman–Crippen MR) is 288 cm³/mol. The molecule has 0 aromatic heterocycles. The largest absolute Gasteiger partial charge is 0.462 e. The molecular formula is C61H104O6. The number of hydrogen-bond acceptors (Lipinski definition) is 6. The summed E-state index contributed by atoms with van der Waals surface area (Å²) in [6.45, 7) is 6.53. The summed E-state index contributed by atoms with van der Waals surface area (Å²) in [7, 11) is 0. The molecule has 0 bridgehead atoms. The first kappa shape index (κ1) is 63.6. The molecule has 6 heteroatoms. The Bertz CT molecular complexity index is 1300. The fourth-order valence-electron chi connectivity index (χ4n) is 7.58. The lowest BCUT2D eigenvalue weighted by Crippen LogP contribution is -2.30. The minimum atomic E-state index is -0.809. The Morgan fingerprint density at radius 2 is 0.552 bits per heavy atom. The van der Waals surface area contributed by atoms with Crippen molar-refractivity contribution in [3.8, 4) is 0 Å². The second-order valence-corrected chi connectivity index (χ2v) is 18.5. The van der Waals surface area contributed by atoms with Crippen LogP contribution in [0.1, 0.15) is 265 Å². The molecule has 0 spiro atoms. The molecule has 0 aliphatic rings. The van der Waals surface area contributed by atoms with Gasteiger partial charge in [0, 0.05) is 19.3 Å². The normalized spacial score (nSPS) is 12.7. The van der Waals surface area contributed by atoms with E-state index in [2.05, 4.69) is 106 Å². The molecule has 0 aromatic rings. The van der Waals surface area contributed by atoms with Gasteiger partial charge in [-0.05, 0) is 116 Å². The number of carbonyl (C=O) groups is 3. The van der Waals surface area contributed by atoms with Crippen LogP contribution in [0.3, 0.4) is 0 Å². The molecule has 0 saturated carbocycles. The SMILES string of the molecule is CCCCC/C=C\C/C=C\C/C=C\CCCCCCC(=O)OC[C@H](COC(=O)CCC/C=C\C/C=C\C/C=C\CCCCCCCC)OC(=O)CCCCCCCCC/C=C\CCCCCC. The average Bonchev–Trinajstić information content (AvgIpc) is 3.33. The molecule has 0 radical (unpaired) electrons. The fraction of sp³-hybridized carbons (Fsp3) is 0.721.